The highest BCUT2D eigenvalue weighted by Gasteiger charge is 2.45. The van der Waals surface area contributed by atoms with E-state index in [0.29, 0.717) is 55.3 Å². The first-order valence-corrected chi connectivity index (χ1v) is 14.5. The first-order valence-electron chi connectivity index (χ1n) is 13.7. The van der Waals surface area contributed by atoms with Crippen LogP contribution in [0.5, 0.6) is 0 Å². The van der Waals surface area contributed by atoms with Crippen molar-refractivity contribution in [1.82, 2.24) is 25.3 Å². The van der Waals surface area contributed by atoms with Gasteiger partial charge in [0.15, 0.2) is 0 Å². The fourth-order valence-corrected chi connectivity index (χ4v) is 6.26. The van der Waals surface area contributed by atoms with Crippen LogP contribution in [-0.2, 0) is 28.9 Å². The van der Waals surface area contributed by atoms with E-state index in [2.05, 4.69) is 25.7 Å². The van der Waals surface area contributed by atoms with Crippen LogP contribution in [0.15, 0.2) is 36.4 Å². The summed E-state index contributed by atoms with van der Waals surface area (Å²) in [6, 6.07) is 8.39. The number of hydrogen-bond donors (Lipinski definition) is 2. The van der Waals surface area contributed by atoms with Crippen LogP contribution in [-0.4, -0.2) is 75.8 Å². The molecule has 230 valence electrons. The third-order valence-electron chi connectivity index (χ3n) is 7.76. The molecule has 3 aliphatic heterocycles. The molecule has 2 saturated heterocycles. The summed E-state index contributed by atoms with van der Waals surface area (Å²) in [7, 11) is 0. The maximum Gasteiger partial charge on any atom is 0.445 e. The van der Waals surface area contributed by atoms with E-state index in [1.54, 1.807) is 29.2 Å². The number of piperazine rings is 1. The molecule has 0 saturated carbocycles. The molecule has 2 fully saturated rings. The van der Waals surface area contributed by atoms with Gasteiger partial charge < -0.3 is 10.2 Å². The molecule has 11 nitrogen and oxygen atoms in total. The number of carbonyl (C=O) groups is 4. The molecule has 0 spiro atoms. The Bertz CT molecular complexity index is 1650. The lowest BCUT2D eigenvalue weighted by Crippen LogP contribution is -2.54. The van der Waals surface area contributed by atoms with Gasteiger partial charge in [0.1, 0.15) is 11.9 Å². The third kappa shape index (κ3) is 5.74. The topological polar surface area (TPSA) is 128 Å². The number of nitrogens with one attached hydrogen (secondary N) is 2. The molecule has 1 aromatic heterocycles. The first kappa shape index (κ1) is 29.6. The Morgan fingerprint density at radius 3 is 2.45 bits per heavy atom. The van der Waals surface area contributed by atoms with Crippen LogP contribution in [0.1, 0.15) is 49.7 Å². The van der Waals surface area contributed by atoms with Crippen LogP contribution in [0.3, 0.4) is 0 Å². The normalized spacial score (nSPS) is 19.4. The molecule has 4 amide bonds. The van der Waals surface area contributed by atoms with Crippen LogP contribution in [0.2, 0.25) is 0 Å². The fourth-order valence-electron chi connectivity index (χ4n) is 5.50. The van der Waals surface area contributed by atoms with Gasteiger partial charge >= 0.3 is 6.18 Å². The molecule has 1 atom stereocenters. The van der Waals surface area contributed by atoms with Crippen LogP contribution in [0.25, 0.3) is 0 Å². The Hall–Kier alpha value is -4.44. The Morgan fingerprint density at radius 1 is 1.00 bits per heavy atom. The highest BCUT2D eigenvalue weighted by molar-refractivity contribution is 7.15. The summed E-state index contributed by atoms with van der Waals surface area (Å²) in [5.74, 6) is -2.93. The van der Waals surface area contributed by atoms with Crippen molar-refractivity contribution in [2.45, 2.75) is 38.1 Å². The van der Waals surface area contributed by atoms with Gasteiger partial charge in [-0.2, -0.15) is 13.2 Å². The monoisotopic (exact) mass is 631 g/mol. The molecule has 2 aromatic carbocycles. The number of fused-ring (bicyclic) bond motifs is 1. The zero-order valence-corrected chi connectivity index (χ0v) is 23.8. The maximum absolute atomic E-state index is 15.1. The standard InChI is InChI=1S/C28H25F4N7O4S/c29-18-12-15(14-37-8-10-38(11-9-37)27-36-35-26(44-27)28(30,31)32)4-5-16(18)13-33-19-3-1-2-17-22(19)25(43)39(24(17)42)20-6-7-21(40)34-23(20)41/h1-5,12,20,33H,6-11,13-14H2,(H,34,40,41). The van der Waals surface area contributed by atoms with Gasteiger partial charge in [0.2, 0.25) is 22.0 Å². The lowest BCUT2D eigenvalue weighted by Gasteiger charge is -2.34. The number of anilines is 2. The van der Waals surface area contributed by atoms with Crippen molar-refractivity contribution >= 4 is 45.8 Å². The molecule has 44 heavy (non-hydrogen) atoms. The van der Waals surface area contributed by atoms with Crippen LogP contribution in [0, 0.1) is 5.82 Å². The second-order valence-electron chi connectivity index (χ2n) is 10.6. The van der Waals surface area contributed by atoms with Gasteiger partial charge in [-0.15, -0.1) is 10.2 Å². The van der Waals surface area contributed by atoms with E-state index < -0.39 is 46.7 Å². The minimum atomic E-state index is -4.53. The summed E-state index contributed by atoms with van der Waals surface area (Å²) in [6.07, 6.45) is -4.48. The van der Waals surface area contributed by atoms with E-state index in [9.17, 15) is 32.3 Å². The molecule has 2 N–H and O–H groups in total. The van der Waals surface area contributed by atoms with Crippen molar-refractivity contribution in [3.05, 3.63) is 69.5 Å². The second kappa shape index (κ2) is 11.6. The molecule has 16 heteroatoms. The zero-order chi connectivity index (χ0) is 31.2. The quantitative estimate of drug-likeness (QED) is 0.299. The molecule has 3 aromatic rings. The number of amides is 4. The minimum Gasteiger partial charge on any atom is -0.380 e. The summed E-state index contributed by atoms with van der Waals surface area (Å²) < 4.78 is 53.7. The van der Waals surface area contributed by atoms with Gasteiger partial charge in [-0.05, 0) is 30.2 Å². The Morgan fingerprint density at radius 2 is 1.77 bits per heavy atom. The number of imide groups is 2. The largest absolute Gasteiger partial charge is 0.445 e. The van der Waals surface area contributed by atoms with Crippen LogP contribution >= 0.6 is 11.3 Å². The van der Waals surface area contributed by atoms with Crippen molar-refractivity contribution in [2.75, 3.05) is 36.4 Å². The molecule has 0 radical (unpaired) electrons. The molecular weight excluding hydrogens is 606 g/mol. The van der Waals surface area contributed by atoms with Crippen LogP contribution < -0.4 is 15.5 Å². The molecular formula is C28H25F4N7O4S. The van der Waals surface area contributed by atoms with Gasteiger partial charge in [-0.25, -0.2) is 4.39 Å². The SMILES string of the molecule is O=C1CCC(N2C(=O)c3cccc(NCc4ccc(CN5CCN(c6nnc(C(F)(F)F)s6)CC5)cc4F)c3C2=O)C(=O)N1. The lowest BCUT2D eigenvalue weighted by atomic mass is 10.0. The van der Waals surface area contributed by atoms with Gasteiger partial charge in [-0.3, -0.25) is 34.3 Å². The van der Waals surface area contributed by atoms with E-state index in [1.165, 1.54) is 12.1 Å². The van der Waals surface area contributed by atoms with Crippen molar-refractivity contribution in [3.63, 3.8) is 0 Å². The summed E-state index contributed by atoms with van der Waals surface area (Å²) in [5, 5.41) is 11.3. The molecule has 6 rings (SSSR count). The predicted octanol–water partition coefficient (Wildman–Crippen LogP) is 3.03. The molecule has 0 aliphatic carbocycles. The first-order chi connectivity index (χ1) is 21.0. The minimum absolute atomic E-state index is 0.0108. The van der Waals surface area contributed by atoms with Gasteiger partial charge in [0.05, 0.1) is 11.1 Å². The summed E-state index contributed by atoms with van der Waals surface area (Å²) in [6.45, 7) is 2.48. The Balaban J connectivity index is 1.06. The van der Waals surface area contributed by atoms with E-state index in [1.807, 2.05) is 0 Å². The summed E-state index contributed by atoms with van der Waals surface area (Å²) >= 11 is 0.511. The average Bonchev–Trinajstić information content (AvgIpc) is 3.58. The second-order valence-corrected chi connectivity index (χ2v) is 11.6. The van der Waals surface area contributed by atoms with Crippen molar-refractivity contribution in [2.24, 2.45) is 0 Å². The lowest BCUT2D eigenvalue weighted by molar-refractivity contribution is -0.138. The molecule has 1 unspecified atom stereocenters. The number of aromatic nitrogens is 2. The Labute approximate surface area is 251 Å². The number of hydrogen-bond acceptors (Lipinski definition) is 10. The van der Waals surface area contributed by atoms with Crippen LogP contribution in [0.4, 0.5) is 28.4 Å². The zero-order valence-electron chi connectivity index (χ0n) is 23.0. The molecule has 4 heterocycles. The van der Waals surface area contributed by atoms with Crippen molar-refractivity contribution in [3.8, 4) is 0 Å². The highest BCUT2D eigenvalue weighted by Crippen LogP contribution is 2.35. The van der Waals surface area contributed by atoms with Crippen molar-refractivity contribution in [1.29, 1.82) is 0 Å². The van der Waals surface area contributed by atoms with Crippen molar-refractivity contribution < 1.29 is 36.7 Å². The van der Waals surface area contributed by atoms with E-state index >= 15 is 4.39 Å². The predicted molar refractivity (Wildman–Crippen MR) is 149 cm³/mol. The molecule has 0 bridgehead atoms. The van der Waals surface area contributed by atoms with Gasteiger partial charge in [0, 0.05) is 56.9 Å². The average molecular weight is 632 g/mol. The Kier molecular flexibility index (Phi) is 7.79. The number of rotatable bonds is 7. The van der Waals surface area contributed by atoms with E-state index in [-0.39, 0.29) is 35.6 Å². The number of benzene rings is 2. The van der Waals surface area contributed by atoms with Gasteiger partial charge in [-0.1, -0.05) is 29.5 Å². The fraction of sp³-hybridized carbons (Fsp3) is 0.357. The number of carbonyl (C=O) groups excluding carboxylic acids is 4. The van der Waals surface area contributed by atoms with Gasteiger partial charge in [0.25, 0.3) is 11.8 Å². The smallest absolute Gasteiger partial charge is 0.380 e. The number of halogens is 4. The summed E-state index contributed by atoms with van der Waals surface area (Å²) in [5.41, 5.74) is 1.56. The third-order valence-corrected chi connectivity index (χ3v) is 8.79. The molecule has 3 aliphatic rings. The number of piperidine rings is 1. The number of nitrogens with zero attached hydrogens (tertiary/aromatic N) is 5. The van der Waals surface area contributed by atoms with E-state index in [4.69, 9.17) is 0 Å². The number of alkyl halides is 3. The summed E-state index contributed by atoms with van der Waals surface area (Å²) in [4.78, 5) is 54.9. The van der Waals surface area contributed by atoms with E-state index in [0.717, 1.165) is 10.5 Å². The maximum atomic E-state index is 15.1. The highest BCUT2D eigenvalue weighted by atomic mass is 32.1.